The first-order valence-corrected chi connectivity index (χ1v) is 6.09. The second-order valence-electron chi connectivity index (χ2n) is 4.57. The van der Waals surface area contributed by atoms with Crippen LogP contribution >= 0.6 is 0 Å². The molecular formula is C13H24O2. The number of Topliss-reactive ketones (excluding diaryl/α,β-unsaturated/α-hetero) is 2. The van der Waals surface area contributed by atoms with E-state index in [1.807, 2.05) is 6.92 Å². The molecule has 15 heavy (non-hydrogen) atoms. The number of hydrogen-bond acceptors (Lipinski definition) is 2. The van der Waals surface area contributed by atoms with Crippen LogP contribution in [0.25, 0.3) is 0 Å². The van der Waals surface area contributed by atoms with Crippen LogP contribution in [0.1, 0.15) is 65.7 Å². The van der Waals surface area contributed by atoms with E-state index in [-0.39, 0.29) is 0 Å². The second kappa shape index (κ2) is 8.63. The van der Waals surface area contributed by atoms with Gasteiger partial charge in [0.1, 0.15) is 11.6 Å². The van der Waals surface area contributed by atoms with Gasteiger partial charge in [0.2, 0.25) is 0 Å². The van der Waals surface area contributed by atoms with Gasteiger partial charge in [0.25, 0.3) is 0 Å². The quantitative estimate of drug-likeness (QED) is 0.548. The Morgan fingerprint density at radius 3 is 1.93 bits per heavy atom. The fraction of sp³-hybridized carbons (Fsp3) is 0.846. The monoisotopic (exact) mass is 212 g/mol. The lowest BCUT2D eigenvalue weighted by atomic mass is 10.0. The highest BCUT2D eigenvalue weighted by Gasteiger charge is 2.04. The van der Waals surface area contributed by atoms with Crippen molar-refractivity contribution in [2.75, 3.05) is 0 Å². The van der Waals surface area contributed by atoms with Crippen molar-refractivity contribution in [3.8, 4) is 0 Å². The van der Waals surface area contributed by atoms with Gasteiger partial charge in [-0.2, -0.15) is 0 Å². The molecule has 0 aliphatic heterocycles. The molecule has 0 N–H and O–H groups in total. The minimum atomic E-state index is 0.310. The molecule has 0 saturated carbocycles. The van der Waals surface area contributed by atoms with E-state index in [2.05, 4.69) is 13.8 Å². The molecule has 0 spiro atoms. The highest BCUT2D eigenvalue weighted by Crippen LogP contribution is 2.09. The standard InChI is InChI=1S/C13H24O2/c1-4-12(14)7-5-6-8-13(15)10-9-11(2)3/h11H,4-10H2,1-3H3. The van der Waals surface area contributed by atoms with E-state index in [0.29, 0.717) is 43.2 Å². The van der Waals surface area contributed by atoms with Crippen molar-refractivity contribution in [2.45, 2.75) is 65.7 Å². The van der Waals surface area contributed by atoms with Crippen molar-refractivity contribution in [3.05, 3.63) is 0 Å². The third-order valence-electron chi connectivity index (χ3n) is 2.56. The topological polar surface area (TPSA) is 34.1 Å². The van der Waals surface area contributed by atoms with Crippen LogP contribution in [0.4, 0.5) is 0 Å². The first kappa shape index (κ1) is 14.3. The summed E-state index contributed by atoms with van der Waals surface area (Å²) in [6, 6.07) is 0. The van der Waals surface area contributed by atoms with Crippen LogP contribution < -0.4 is 0 Å². The van der Waals surface area contributed by atoms with E-state index in [0.717, 1.165) is 19.3 Å². The summed E-state index contributed by atoms with van der Waals surface area (Å²) in [4.78, 5) is 22.4. The number of hydrogen-bond donors (Lipinski definition) is 0. The molecule has 0 bridgehead atoms. The Balaban J connectivity index is 3.35. The largest absolute Gasteiger partial charge is 0.300 e. The molecule has 0 aromatic carbocycles. The number of carbonyl (C=O) groups excluding carboxylic acids is 2. The Labute approximate surface area is 93.4 Å². The van der Waals surface area contributed by atoms with Crippen molar-refractivity contribution in [2.24, 2.45) is 5.92 Å². The minimum Gasteiger partial charge on any atom is -0.300 e. The molecule has 0 heterocycles. The minimum absolute atomic E-state index is 0.310. The fourth-order valence-corrected chi connectivity index (χ4v) is 1.40. The van der Waals surface area contributed by atoms with Gasteiger partial charge in [0, 0.05) is 25.7 Å². The van der Waals surface area contributed by atoms with Crippen LogP contribution in [0.2, 0.25) is 0 Å². The fourth-order valence-electron chi connectivity index (χ4n) is 1.40. The van der Waals surface area contributed by atoms with Crippen molar-refractivity contribution in [1.29, 1.82) is 0 Å². The first-order chi connectivity index (χ1) is 7.06. The smallest absolute Gasteiger partial charge is 0.132 e. The van der Waals surface area contributed by atoms with Crippen LogP contribution in [0.5, 0.6) is 0 Å². The Hall–Kier alpha value is -0.660. The summed E-state index contributed by atoms with van der Waals surface area (Å²) >= 11 is 0. The van der Waals surface area contributed by atoms with Crippen molar-refractivity contribution < 1.29 is 9.59 Å². The zero-order chi connectivity index (χ0) is 11.7. The van der Waals surface area contributed by atoms with E-state index < -0.39 is 0 Å². The number of ketones is 2. The molecule has 0 aromatic rings. The van der Waals surface area contributed by atoms with Gasteiger partial charge < -0.3 is 0 Å². The summed E-state index contributed by atoms with van der Waals surface area (Å²) in [5, 5.41) is 0. The Kier molecular flexibility index (Phi) is 8.25. The molecule has 0 aliphatic carbocycles. The van der Waals surface area contributed by atoms with Crippen LogP contribution in [-0.2, 0) is 9.59 Å². The van der Waals surface area contributed by atoms with E-state index >= 15 is 0 Å². The van der Waals surface area contributed by atoms with Crippen molar-refractivity contribution >= 4 is 11.6 Å². The molecule has 0 amide bonds. The predicted octanol–water partition coefficient (Wildman–Crippen LogP) is 3.53. The van der Waals surface area contributed by atoms with Gasteiger partial charge in [0.15, 0.2) is 0 Å². The van der Waals surface area contributed by atoms with Crippen molar-refractivity contribution in [1.82, 2.24) is 0 Å². The highest BCUT2D eigenvalue weighted by atomic mass is 16.1. The summed E-state index contributed by atoms with van der Waals surface area (Å²) in [5.74, 6) is 1.27. The summed E-state index contributed by atoms with van der Waals surface area (Å²) in [5.41, 5.74) is 0. The zero-order valence-corrected chi connectivity index (χ0v) is 10.3. The molecule has 0 saturated heterocycles. The zero-order valence-electron chi connectivity index (χ0n) is 10.3. The van der Waals surface area contributed by atoms with Gasteiger partial charge >= 0.3 is 0 Å². The first-order valence-electron chi connectivity index (χ1n) is 6.09. The van der Waals surface area contributed by atoms with Crippen LogP contribution in [0, 0.1) is 5.92 Å². The summed E-state index contributed by atoms with van der Waals surface area (Å²) in [6.45, 7) is 6.15. The number of rotatable bonds is 9. The molecule has 0 fully saturated rings. The maximum atomic E-state index is 11.4. The molecule has 0 unspecified atom stereocenters. The summed E-state index contributed by atoms with van der Waals surface area (Å²) in [7, 11) is 0. The highest BCUT2D eigenvalue weighted by molar-refractivity contribution is 5.79. The predicted molar refractivity (Wildman–Crippen MR) is 62.8 cm³/mol. The Morgan fingerprint density at radius 1 is 0.933 bits per heavy atom. The van der Waals surface area contributed by atoms with Crippen LogP contribution in [-0.4, -0.2) is 11.6 Å². The molecule has 0 rings (SSSR count). The van der Waals surface area contributed by atoms with E-state index in [1.165, 1.54) is 0 Å². The molecule has 0 atom stereocenters. The SMILES string of the molecule is CCC(=O)CCCCC(=O)CCC(C)C. The van der Waals surface area contributed by atoms with E-state index in [9.17, 15) is 9.59 Å². The lowest BCUT2D eigenvalue weighted by Crippen LogP contribution is -2.01. The summed E-state index contributed by atoms with van der Waals surface area (Å²) < 4.78 is 0. The lowest BCUT2D eigenvalue weighted by molar-refractivity contribution is -0.120. The average molecular weight is 212 g/mol. The molecule has 88 valence electrons. The van der Waals surface area contributed by atoms with Gasteiger partial charge in [0.05, 0.1) is 0 Å². The van der Waals surface area contributed by atoms with Crippen LogP contribution in [0.15, 0.2) is 0 Å². The molecular weight excluding hydrogens is 188 g/mol. The molecule has 2 heteroatoms. The Bertz CT molecular complexity index is 195. The van der Waals surface area contributed by atoms with E-state index in [1.54, 1.807) is 0 Å². The number of carbonyl (C=O) groups is 2. The maximum Gasteiger partial charge on any atom is 0.132 e. The molecule has 0 radical (unpaired) electrons. The van der Waals surface area contributed by atoms with Gasteiger partial charge in [-0.05, 0) is 25.2 Å². The van der Waals surface area contributed by atoms with Crippen LogP contribution in [0.3, 0.4) is 0 Å². The normalized spacial score (nSPS) is 10.7. The second-order valence-corrected chi connectivity index (χ2v) is 4.57. The molecule has 0 aliphatic rings. The van der Waals surface area contributed by atoms with Gasteiger partial charge in [-0.1, -0.05) is 20.8 Å². The lowest BCUT2D eigenvalue weighted by Gasteiger charge is -2.03. The maximum absolute atomic E-state index is 11.4. The Morgan fingerprint density at radius 2 is 1.47 bits per heavy atom. The van der Waals surface area contributed by atoms with E-state index in [4.69, 9.17) is 0 Å². The average Bonchev–Trinajstić information content (AvgIpc) is 2.21. The summed E-state index contributed by atoms with van der Waals surface area (Å²) in [6.07, 6.45) is 5.38. The molecule has 0 aromatic heterocycles. The number of unbranched alkanes of at least 4 members (excludes halogenated alkanes) is 1. The van der Waals surface area contributed by atoms with Gasteiger partial charge in [-0.25, -0.2) is 0 Å². The van der Waals surface area contributed by atoms with Crippen molar-refractivity contribution in [3.63, 3.8) is 0 Å². The molecule has 2 nitrogen and oxygen atoms in total. The third kappa shape index (κ3) is 9.64. The van der Waals surface area contributed by atoms with Gasteiger partial charge in [-0.15, -0.1) is 0 Å². The third-order valence-corrected chi connectivity index (χ3v) is 2.56. The van der Waals surface area contributed by atoms with Gasteiger partial charge in [-0.3, -0.25) is 9.59 Å².